The monoisotopic (exact) mass is 440 g/mol. The van der Waals surface area contributed by atoms with Crippen molar-refractivity contribution in [2.75, 3.05) is 20.3 Å². The number of benzene rings is 1. The van der Waals surface area contributed by atoms with E-state index in [-0.39, 0.29) is 30.9 Å². The molecule has 1 saturated heterocycles. The Morgan fingerprint density at radius 2 is 1.91 bits per heavy atom. The fourth-order valence-corrected chi connectivity index (χ4v) is 4.71. The Bertz CT molecular complexity index is 920. The molecule has 2 fully saturated rings. The van der Waals surface area contributed by atoms with Gasteiger partial charge >= 0.3 is 0 Å². The third kappa shape index (κ3) is 4.61. The van der Waals surface area contributed by atoms with E-state index in [2.05, 4.69) is 0 Å². The highest BCUT2D eigenvalue weighted by molar-refractivity contribution is 5.96. The minimum Gasteiger partial charge on any atom is -0.493 e. The van der Waals surface area contributed by atoms with Gasteiger partial charge in [-0.25, -0.2) is 0 Å². The molecule has 32 heavy (non-hydrogen) atoms. The van der Waals surface area contributed by atoms with Crippen molar-refractivity contribution in [2.45, 2.75) is 64.1 Å². The summed E-state index contributed by atoms with van der Waals surface area (Å²) < 4.78 is 16.8. The molecule has 7 nitrogen and oxygen atoms in total. The van der Waals surface area contributed by atoms with Gasteiger partial charge in [0.15, 0.2) is 11.5 Å². The second kappa shape index (κ2) is 10.1. The summed E-state index contributed by atoms with van der Waals surface area (Å²) in [5.41, 5.74) is 0.719. The van der Waals surface area contributed by atoms with Gasteiger partial charge in [-0.1, -0.05) is 32.3 Å². The summed E-state index contributed by atoms with van der Waals surface area (Å²) in [7, 11) is 1.58. The van der Waals surface area contributed by atoms with Crippen molar-refractivity contribution in [1.29, 1.82) is 0 Å². The number of piperazine rings is 1. The number of nitrogens with zero attached hydrogens (tertiary/aromatic N) is 2. The Hall–Kier alpha value is -2.96. The molecule has 0 radical (unpaired) electrons. The van der Waals surface area contributed by atoms with Crippen LogP contribution in [-0.2, 0) is 16.1 Å². The third-order valence-corrected chi connectivity index (χ3v) is 6.34. The van der Waals surface area contributed by atoms with Crippen LogP contribution >= 0.6 is 0 Å². The molecule has 1 aliphatic carbocycles. The van der Waals surface area contributed by atoms with Gasteiger partial charge in [-0.05, 0) is 49.1 Å². The Kier molecular flexibility index (Phi) is 7.02. The largest absolute Gasteiger partial charge is 0.493 e. The summed E-state index contributed by atoms with van der Waals surface area (Å²) in [6.45, 7) is 2.99. The summed E-state index contributed by atoms with van der Waals surface area (Å²) in [5.74, 6) is 1.74. The van der Waals surface area contributed by atoms with Crippen molar-refractivity contribution in [2.24, 2.45) is 0 Å². The van der Waals surface area contributed by atoms with Gasteiger partial charge in [0.1, 0.15) is 18.3 Å². The van der Waals surface area contributed by atoms with Crippen LogP contribution in [0.4, 0.5) is 0 Å². The number of furan rings is 1. The Morgan fingerprint density at radius 3 is 2.59 bits per heavy atom. The van der Waals surface area contributed by atoms with E-state index in [1.165, 1.54) is 6.42 Å². The smallest absolute Gasteiger partial charge is 0.250 e. The standard InChI is InChI=1S/C25H32N2O5/c1-3-13-32-21-12-11-18(15-22(21)30-2)24-25(29)26(19-8-5-4-6-9-19)17-23(28)27(24)16-20-10-7-14-31-20/h7,10-12,14-15,19,24H,3-6,8-9,13,16-17H2,1-2H3/t24-/m1/s1. The zero-order valence-electron chi connectivity index (χ0n) is 18.9. The molecule has 2 heterocycles. The van der Waals surface area contributed by atoms with Crippen molar-refractivity contribution in [3.8, 4) is 11.5 Å². The SMILES string of the molecule is CCCOc1ccc([C@@H]2C(=O)N(C3CCCCC3)CC(=O)N2Cc2ccco2)cc1OC. The number of carbonyl (C=O) groups is 2. The number of amides is 2. The van der Waals surface area contributed by atoms with Crippen LogP contribution in [0.1, 0.15) is 62.8 Å². The maximum Gasteiger partial charge on any atom is 0.250 e. The Morgan fingerprint density at radius 1 is 1.09 bits per heavy atom. The third-order valence-electron chi connectivity index (χ3n) is 6.34. The number of methoxy groups -OCH3 is 1. The zero-order valence-corrected chi connectivity index (χ0v) is 18.9. The average Bonchev–Trinajstić information content (AvgIpc) is 3.34. The second-order valence-corrected chi connectivity index (χ2v) is 8.52. The van der Waals surface area contributed by atoms with Crippen LogP contribution in [0.2, 0.25) is 0 Å². The summed E-state index contributed by atoms with van der Waals surface area (Å²) in [6.07, 6.45) is 7.76. The normalized spacial score (nSPS) is 20.0. The Balaban J connectivity index is 1.68. The summed E-state index contributed by atoms with van der Waals surface area (Å²) >= 11 is 0. The lowest BCUT2D eigenvalue weighted by molar-refractivity contribution is -0.160. The molecule has 1 aromatic heterocycles. The van der Waals surface area contributed by atoms with Crippen LogP contribution in [0.3, 0.4) is 0 Å². The van der Waals surface area contributed by atoms with Crippen molar-refractivity contribution in [3.63, 3.8) is 0 Å². The van der Waals surface area contributed by atoms with Crippen LogP contribution in [0.15, 0.2) is 41.0 Å². The summed E-state index contributed by atoms with van der Waals surface area (Å²) in [5, 5.41) is 0. The van der Waals surface area contributed by atoms with Crippen molar-refractivity contribution in [3.05, 3.63) is 47.9 Å². The lowest BCUT2D eigenvalue weighted by Gasteiger charge is -2.44. The fourth-order valence-electron chi connectivity index (χ4n) is 4.71. The average molecular weight is 441 g/mol. The first kappa shape index (κ1) is 22.2. The summed E-state index contributed by atoms with van der Waals surface area (Å²) in [4.78, 5) is 30.5. The van der Waals surface area contributed by atoms with Gasteiger partial charge in [0.25, 0.3) is 5.91 Å². The first-order valence-electron chi connectivity index (χ1n) is 11.6. The molecule has 2 aliphatic rings. The molecule has 1 aromatic carbocycles. The predicted octanol–water partition coefficient (Wildman–Crippen LogP) is 4.32. The minimum atomic E-state index is -0.725. The Labute approximate surface area is 189 Å². The van der Waals surface area contributed by atoms with Crippen molar-refractivity contribution in [1.82, 2.24) is 9.80 Å². The number of carbonyl (C=O) groups excluding carboxylic acids is 2. The van der Waals surface area contributed by atoms with Gasteiger partial charge in [0.05, 0.1) is 26.5 Å². The van der Waals surface area contributed by atoms with Crippen LogP contribution < -0.4 is 9.47 Å². The molecular weight excluding hydrogens is 408 g/mol. The molecule has 1 atom stereocenters. The molecule has 2 aromatic rings. The van der Waals surface area contributed by atoms with E-state index in [1.807, 2.05) is 31.2 Å². The van der Waals surface area contributed by atoms with E-state index in [1.54, 1.807) is 29.2 Å². The molecule has 0 bridgehead atoms. The quantitative estimate of drug-likeness (QED) is 0.611. The highest BCUT2D eigenvalue weighted by atomic mass is 16.5. The number of rotatable bonds is 8. The topological polar surface area (TPSA) is 72.2 Å². The maximum absolute atomic E-state index is 13.8. The predicted molar refractivity (Wildman–Crippen MR) is 119 cm³/mol. The maximum atomic E-state index is 13.8. The first-order chi connectivity index (χ1) is 15.6. The van der Waals surface area contributed by atoms with Crippen molar-refractivity contribution >= 4 is 11.8 Å². The molecular formula is C25H32N2O5. The molecule has 172 valence electrons. The number of hydrogen-bond acceptors (Lipinski definition) is 5. The molecule has 1 saturated carbocycles. The first-order valence-corrected chi connectivity index (χ1v) is 11.6. The molecule has 0 spiro atoms. The molecule has 7 heteroatoms. The van der Waals surface area contributed by atoms with Crippen LogP contribution in [0.5, 0.6) is 11.5 Å². The van der Waals surface area contributed by atoms with E-state index in [9.17, 15) is 9.59 Å². The van der Waals surface area contributed by atoms with Crippen LogP contribution in [0, 0.1) is 0 Å². The van der Waals surface area contributed by atoms with E-state index >= 15 is 0 Å². The van der Waals surface area contributed by atoms with Gasteiger partial charge in [0.2, 0.25) is 5.91 Å². The highest BCUT2D eigenvalue weighted by Crippen LogP contribution is 2.37. The van der Waals surface area contributed by atoms with Gasteiger partial charge < -0.3 is 23.7 Å². The van der Waals surface area contributed by atoms with Crippen molar-refractivity contribution < 1.29 is 23.5 Å². The molecule has 1 aliphatic heterocycles. The van der Waals surface area contributed by atoms with Crippen LogP contribution in [0.25, 0.3) is 0 Å². The molecule has 2 amide bonds. The van der Waals surface area contributed by atoms with Gasteiger partial charge in [-0.2, -0.15) is 0 Å². The molecule has 0 N–H and O–H groups in total. The van der Waals surface area contributed by atoms with E-state index in [4.69, 9.17) is 13.9 Å². The second-order valence-electron chi connectivity index (χ2n) is 8.52. The lowest BCUT2D eigenvalue weighted by atomic mass is 9.91. The number of ether oxygens (including phenoxy) is 2. The summed E-state index contributed by atoms with van der Waals surface area (Å²) in [6, 6.07) is 8.53. The molecule has 0 unspecified atom stereocenters. The number of hydrogen-bond donors (Lipinski definition) is 0. The highest BCUT2D eigenvalue weighted by Gasteiger charge is 2.43. The fraction of sp³-hybridized carbons (Fsp3) is 0.520. The van der Waals surface area contributed by atoms with Gasteiger partial charge in [-0.15, -0.1) is 0 Å². The van der Waals surface area contributed by atoms with E-state index in [0.29, 0.717) is 23.9 Å². The van der Waals surface area contributed by atoms with E-state index in [0.717, 1.165) is 37.7 Å². The molecule has 4 rings (SSSR count). The zero-order chi connectivity index (χ0) is 22.5. The van der Waals surface area contributed by atoms with Crippen LogP contribution in [-0.4, -0.2) is 47.9 Å². The minimum absolute atomic E-state index is 0.0349. The lowest BCUT2D eigenvalue weighted by Crippen LogP contribution is -2.58. The van der Waals surface area contributed by atoms with Gasteiger partial charge in [-0.3, -0.25) is 9.59 Å². The van der Waals surface area contributed by atoms with E-state index < -0.39 is 6.04 Å². The van der Waals surface area contributed by atoms with Gasteiger partial charge in [0, 0.05) is 6.04 Å².